The zero-order chi connectivity index (χ0) is 33.9. The quantitative estimate of drug-likeness (QED) is 0.184. The molecule has 6 aromatic heterocycles. The molecule has 0 unspecified atom stereocenters. The van der Waals surface area contributed by atoms with Gasteiger partial charge in [-0.3, -0.25) is 9.55 Å². The second-order valence-corrected chi connectivity index (χ2v) is 15.6. The van der Waals surface area contributed by atoms with Gasteiger partial charge >= 0.3 is 0 Å². The summed E-state index contributed by atoms with van der Waals surface area (Å²) in [6.45, 7) is 0. The van der Waals surface area contributed by atoms with Crippen LogP contribution in [-0.4, -0.2) is 19.1 Å². The Morgan fingerprint density at radius 2 is 0.942 bits per heavy atom. The van der Waals surface area contributed by atoms with Crippen molar-refractivity contribution in [3.8, 4) is 22.8 Å². The fourth-order valence-electron chi connectivity index (χ4n) is 8.29. The molecule has 6 aromatic carbocycles. The monoisotopic (exact) mass is 698 g/mol. The van der Waals surface area contributed by atoms with Crippen LogP contribution in [0.3, 0.4) is 0 Å². The van der Waals surface area contributed by atoms with Gasteiger partial charge in [-0.05, 0) is 72.8 Å². The molecule has 0 saturated heterocycles. The van der Waals surface area contributed by atoms with Gasteiger partial charge in [-0.1, -0.05) is 72.8 Å². The Labute approximate surface area is 305 Å². The van der Waals surface area contributed by atoms with Gasteiger partial charge in [-0.2, -0.15) is 0 Å². The predicted molar refractivity (Wildman–Crippen MR) is 222 cm³/mol. The van der Waals surface area contributed by atoms with Crippen LogP contribution >= 0.6 is 22.7 Å². The van der Waals surface area contributed by atoms with Gasteiger partial charge in [0.15, 0.2) is 0 Å². The van der Waals surface area contributed by atoms with Crippen LogP contribution in [0.5, 0.6) is 0 Å². The predicted octanol–water partition coefficient (Wildman–Crippen LogP) is 13.1. The number of hydrogen-bond acceptors (Lipinski definition) is 4. The minimum Gasteiger partial charge on any atom is -0.308 e. The summed E-state index contributed by atoms with van der Waals surface area (Å²) in [6, 6.07) is 52.8. The maximum absolute atomic E-state index is 5.07. The van der Waals surface area contributed by atoms with Crippen molar-refractivity contribution in [1.29, 1.82) is 0 Å². The third-order valence-electron chi connectivity index (χ3n) is 10.6. The van der Waals surface area contributed by atoms with Crippen LogP contribution in [0.1, 0.15) is 0 Å². The number of nitrogens with zero attached hydrogens (tertiary/aromatic N) is 4. The fourth-order valence-corrected chi connectivity index (χ4v) is 10.5. The molecule has 12 rings (SSSR count). The Bertz CT molecular complexity index is 3410. The average Bonchev–Trinajstić information content (AvgIpc) is 3.93. The maximum atomic E-state index is 5.07. The highest BCUT2D eigenvalue weighted by molar-refractivity contribution is 7.26. The molecule has 6 heterocycles. The van der Waals surface area contributed by atoms with Crippen molar-refractivity contribution in [2.45, 2.75) is 0 Å². The van der Waals surface area contributed by atoms with Gasteiger partial charge < -0.3 is 4.57 Å². The molecule has 0 aliphatic carbocycles. The molecule has 0 atom stereocenters. The third-order valence-corrected chi connectivity index (χ3v) is 12.9. The average molecular weight is 699 g/mol. The second-order valence-electron chi connectivity index (χ2n) is 13.4. The summed E-state index contributed by atoms with van der Waals surface area (Å²) in [5, 5.41) is 10.2. The van der Waals surface area contributed by atoms with Crippen LogP contribution in [0.15, 0.2) is 158 Å². The Hall–Kier alpha value is -6.34. The first-order valence-electron chi connectivity index (χ1n) is 17.4. The molecule has 6 heteroatoms. The fraction of sp³-hybridized carbons (Fsp3) is 0. The summed E-state index contributed by atoms with van der Waals surface area (Å²) >= 11 is 3.70. The van der Waals surface area contributed by atoms with E-state index < -0.39 is 0 Å². The van der Waals surface area contributed by atoms with E-state index in [9.17, 15) is 0 Å². The SMILES string of the molecule is c1ccc2c(c1)sc1cc3c(cc12)c1ccccc1n3-c1ccc(-c2ccnc(-n3c4ccccc4c4cc5c(cc43)sc3ccccc35)c2)nc1. The molecule has 0 aliphatic rings. The standard InChI is InChI=1S/C46H26N4S2/c1-5-13-38-29(9-1)33-22-35-31-11-3-7-15-42(31)51-44(35)24-40(33)49(38)28-17-18-37(48-26-28)27-19-20-47-46(21-27)50-39-14-6-2-10-30(39)34-23-36-32-12-4-8-16-43(32)52-45(36)25-41(34)50/h1-26H. The lowest BCUT2D eigenvalue weighted by atomic mass is 10.1. The lowest BCUT2D eigenvalue weighted by Crippen LogP contribution is -1.98. The summed E-state index contributed by atoms with van der Waals surface area (Å²) in [7, 11) is 0. The molecule has 12 aromatic rings. The minimum atomic E-state index is 0.879. The van der Waals surface area contributed by atoms with Crippen LogP contribution < -0.4 is 0 Å². The van der Waals surface area contributed by atoms with E-state index in [0.717, 1.165) is 33.8 Å². The summed E-state index contributed by atoms with van der Waals surface area (Å²) in [5.74, 6) is 0.879. The molecule has 0 aliphatic heterocycles. The maximum Gasteiger partial charge on any atom is 0.138 e. The largest absolute Gasteiger partial charge is 0.308 e. The first kappa shape index (κ1) is 28.4. The van der Waals surface area contributed by atoms with Crippen molar-refractivity contribution < 1.29 is 0 Å². The van der Waals surface area contributed by atoms with Crippen LogP contribution in [0.25, 0.3) is 107 Å². The number of fused-ring (bicyclic) bond motifs is 12. The lowest BCUT2D eigenvalue weighted by molar-refractivity contribution is 1.08. The summed E-state index contributed by atoms with van der Waals surface area (Å²) in [5.41, 5.74) is 7.66. The number of aromatic nitrogens is 4. The van der Waals surface area contributed by atoms with Crippen LogP contribution in [0.4, 0.5) is 0 Å². The van der Waals surface area contributed by atoms with E-state index in [4.69, 9.17) is 9.97 Å². The number of benzene rings is 6. The van der Waals surface area contributed by atoms with Crippen molar-refractivity contribution >= 4 is 107 Å². The summed E-state index contributed by atoms with van der Waals surface area (Å²) in [4.78, 5) is 10.0. The van der Waals surface area contributed by atoms with Crippen LogP contribution in [0, 0.1) is 0 Å². The highest BCUT2D eigenvalue weighted by Crippen LogP contribution is 2.42. The molecule has 0 bridgehead atoms. The molecular weight excluding hydrogens is 673 g/mol. The van der Waals surface area contributed by atoms with Crippen molar-refractivity contribution in [3.63, 3.8) is 0 Å². The normalized spacial score (nSPS) is 12.2. The van der Waals surface area contributed by atoms with E-state index in [1.807, 2.05) is 35.1 Å². The molecule has 0 radical (unpaired) electrons. The number of hydrogen-bond donors (Lipinski definition) is 0. The number of rotatable bonds is 3. The molecule has 0 N–H and O–H groups in total. The Kier molecular flexibility index (Phi) is 5.78. The van der Waals surface area contributed by atoms with Gasteiger partial charge in [-0.25, -0.2) is 4.98 Å². The molecule has 0 saturated carbocycles. The van der Waals surface area contributed by atoms with Gasteiger partial charge in [0.05, 0.1) is 39.6 Å². The highest BCUT2D eigenvalue weighted by Gasteiger charge is 2.18. The van der Waals surface area contributed by atoms with E-state index in [1.165, 1.54) is 72.9 Å². The first-order chi connectivity index (χ1) is 25.8. The van der Waals surface area contributed by atoms with Gasteiger partial charge in [0.1, 0.15) is 5.82 Å². The number of thiophene rings is 2. The highest BCUT2D eigenvalue weighted by atomic mass is 32.1. The van der Waals surface area contributed by atoms with Crippen molar-refractivity contribution in [3.05, 3.63) is 158 Å². The number of pyridine rings is 2. The van der Waals surface area contributed by atoms with Crippen LogP contribution in [-0.2, 0) is 0 Å². The zero-order valence-electron chi connectivity index (χ0n) is 27.6. The zero-order valence-corrected chi connectivity index (χ0v) is 29.2. The minimum absolute atomic E-state index is 0.879. The molecule has 0 fully saturated rings. The molecule has 0 spiro atoms. The van der Waals surface area contributed by atoms with E-state index in [-0.39, 0.29) is 0 Å². The summed E-state index contributed by atoms with van der Waals surface area (Å²) < 4.78 is 9.87. The Morgan fingerprint density at radius 1 is 0.385 bits per heavy atom. The molecule has 242 valence electrons. The molecule has 52 heavy (non-hydrogen) atoms. The molecular formula is C46H26N4S2. The smallest absolute Gasteiger partial charge is 0.138 e. The molecule has 0 amide bonds. The topological polar surface area (TPSA) is 35.6 Å². The lowest BCUT2D eigenvalue weighted by Gasteiger charge is -2.11. The molecule has 4 nitrogen and oxygen atoms in total. The van der Waals surface area contributed by atoms with Gasteiger partial charge in [0, 0.05) is 73.6 Å². The van der Waals surface area contributed by atoms with E-state index in [1.54, 1.807) is 0 Å². The third kappa shape index (κ3) is 3.96. The van der Waals surface area contributed by atoms with Crippen molar-refractivity contribution in [2.75, 3.05) is 0 Å². The van der Waals surface area contributed by atoms with Crippen molar-refractivity contribution in [2.24, 2.45) is 0 Å². The first-order valence-corrected chi connectivity index (χ1v) is 19.0. The van der Waals surface area contributed by atoms with Gasteiger partial charge in [0.2, 0.25) is 0 Å². The number of para-hydroxylation sites is 2. The van der Waals surface area contributed by atoms with E-state index >= 15 is 0 Å². The van der Waals surface area contributed by atoms with E-state index in [2.05, 4.69) is 155 Å². The summed E-state index contributed by atoms with van der Waals surface area (Å²) in [6.07, 6.45) is 3.91. The Morgan fingerprint density at radius 3 is 1.56 bits per heavy atom. The Balaban J connectivity index is 1.00. The van der Waals surface area contributed by atoms with Crippen LogP contribution in [0.2, 0.25) is 0 Å². The van der Waals surface area contributed by atoms with E-state index in [0.29, 0.717) is 0 Å². The van der Waals surface area contributed by atoms with Gasteiger partial charge in [-0.15, -0.1) is 22.7 Å². The van der Waals surface area contributed by atoms with Gasteiger partial charge in [0.25, 0.3) is 0 Å². The van der Waals surface area contributed by atoms with Crippen molar-refractivity contribution in [1.82, 2.24) is 19.1 Å². The second kappa shape index (κ2) is 10.6.